The Labute approximate surface area is 224 Å². The highest BCUT2D eigenvalue weighted by Gasteiger charge is 2.60. The van der Waals surface area contributed by atoms with Crippen molar-refractivity contribution in [2.45, 2.75) is 150 Å². The molecule has 4 aliphatic carbocycles. The van der Waals surface area contributed by atoms with Crippen molar-refractivity contribution in [1.82, 2.24) is 0 Å². The fourth-order valence-corrected chi connectivity index (χ4v) is 10.3. The fourth-order valence-electron chi connectivity index (χ4n) is 10.3. The van der Waals surface area contributed by atoms with Crippen LogP contribution >= 0.6 is 0 Å². The summed E-state index contributed by atoms with van der Waals surface area (Å²) in [5.41, 5.74) is 1.26. The van der Waals surface area contributed by atoms with E-state index >= 15 is 0 Å². The van der Waals surface area contributed by atoms with Crippen LogP contribution in [0.15, 0.2) is 0 Å². The van der Waals surface area contributed by atoms with E-state index in [0.29, 0.717) is 29.8 Å². The molecule has 0 aliphatic heterocycles. The van der Waals surface area contributed by atoms with Crippen LogP contribution < -0.4 is 0 Å². The lowest BCUT2D eigenvalue weighted by molar-refractivity contribution is -0.145. The van der Waals surface area contributed by atoms with Crippen LogP contribution in [0, 0.1) is 52.3 Å². The number of unbranched alkanes of at least 4 members (excludes halogenated alkanes) is 3. The van der Waals surface area contributed by atoms with Gasteiger partial charge >= 0.3 is 5.97 Å². The average molecular weight is 501 g/mol. The highest BCUT2D eigenvalue weighted by Crippen LogP contribution is 2.68. The Morgan fingerprint density at radius 2 is 1.64 bits per heavy atom. The van der Waals surface area contributed by atoms with E-state index < -0.39 is 0 Å². The zero-order valence-electron chi connectivity index (χ0n) is 24.8. The van der Waals surface area contributed by atoms with E-state index in [1.807, 2.05) is 0 Å². The fraction of sp³-hybridized carbons (Fsp3) is 0.971. The molecule has 2 nitrogen and oxygen atoms in total. The highest BCUT2D eigenvalue weighted by molar-refractivity contribution is 5.69. The van der Waals surface area contributed by atoms with Gasteiger partial charge in [0.25, 0.3) is 0 Å². The Bertz CT molecular complexity index is 701. The summed E-state index contributed by atoms with van der Waals surface area (Å²) in [4.78, 5) is 12.0. The van der Waals surface area contributed by atoms with Gasteiger partial charge in [-0.3, -0.25) is 4.79 Å². The molecule has 4 saturated carbocycles. The van der Waals surface area contributed by atoms with Crippen molar-refractivity contribution in [3.05, 3.63) is 0 Å². The predicted octanol–water partition coefficient (Wildman–Crippen LogP) is 9.99. The van der Waals surface area contributed by atoms with Gasteiger partial charge in [-0.25, -0.2) is 0 Å². The van der Waals surface area contributed by atoms with Crippen LogP contribution in [-0.4, -0.2) is 12.6 Å². The van der Waals surface area contributed by atoms with Gasteiger partial charge in [-0.2, -0.15) is 0 Å². The first-order valence-electron chi connectivity index (χ1n) is 16.4. The zero-order valence-corrected chi connectivity index (χ0v) is 24.8. The quantitative estimate of drug-likeness (QED) is 0.197. The van der Waals surface area contributed by atoms with Gasteiger partial charge in [0.2, 0.25) is 0 Å². The molecule has 4 aliphatic rings. The third-order valence-electron chi connectivity index (χ3n) is 12.5. The molecule has 0 aromatic carbocycles. The Balaban J connectivity index is 1.21. The molecule has 2 unspecified atom stereocenters. The zero-order chi connectivity index (χ0) is 25.8. The molecule has 0 N–H and O–H groups in total. The number of carbonyl (C=O) groups excluding carboxylic acids is 1. The van der Waals surface area contributed by atoms with E-state index in [1.165, 1.54) is 89.9 Å². The smallest absolute Gasteiger partial charge is 0.305 e. The van der Waals surface area contributed by atoms with Crippen LogP contribution in [-0.2, 0) is 9.53 Å². The number of esters is 1. The lowest BCUT2D eigenvalue weighted by atomic mass is 9.44. The monoisotopic (exact) mass is 500 g/mol. The van der Waals surface area contributed by atoms with E-state index in [-0.39, 0.29) is 5.97 Å². The summed E-state index contributed by atoms with van der Waals surface area (Å²) in [7, 11) is 0. The van der Waals surface area contributed by atoms with Crippen molar-refractivity contribution in [3.63, 3.8) is 0 Å². The van der Waals surface area contributed by atoms with E-state index in [1.54, 1.807) is 6.42 Å². The van der Waals surface area contributed by atoms with E-state index in [4.69, 9.17) is 4.74 Å². The molecule has 0 saturated heterocycles. The summed E-state index contributed by atoms with van der Waals surface area (Å²) in [5, 5.41) is 0. The first-order valence-corrected chi connectivity index (χ1v) is 16.4. The lowest BCUT2D eigenvalue weighted by Gasteiger charge is -2.61. The minimum absolute atomic E-state index is 0.0166. The first kappa shape index (κ1) is 28.5. The summed E-state index contributed by atoms with van der Waals surface area (Å²) < 4.78 is 5.59. The molecule has 4 fully saturated rings. The first-order chi connectivity index (χ1) is 17.3. The molecule has 208 valence electrons. The maximum Gasteiger partial charge on any atom is 0.305 e. The summed E-state index contributed by atoms with van der Waals surface area (Å²) >= 11 is 0. The number of ether oxygens (including phenoxy) is 1. The van der Waals surface area contributed by atoms with Crippen molar-refractivity contribution in [1.29, 1.82) is 0 Å². The molecule has 0 bridgehead atoms. The third-order valence-corrected chi connectivity index (χ3v) is 12.5. The molecule has 36 heavy (non-hydrogen) atoms. The number of carbonyl (C=O) groups is 1. The molecule has 0 aromatic heterocycles. The minimum Gasteiger partial charge on any atom is -0.465 e. The van der Waals surface area contributed by atoms with E-state index in [9.17, 15) is 4.79 Å². The molecule has 0 heterocycles. The maximum atomic E-state index is 12.0. The molecule has 4 rings (SSSR count). The van der Waals surface area contributed by atoms with Gasteiger partial charge in [0.15, 0.2) is 0 Å². The standard InChI is InChI=1S/C34H60O2/c1-6-7-8-9-16-32(35)36-24-25(2)13-12-14-26(3)29-19-20-30-28-18-17-27-15-10-11-22-33(27,4)31(28)21-23-34(29,30)5/h25-31H,6-24H2,1-5H3/t25?,26-,27?,28+,29-,30+,31+,33+,34-/m1/s1. The SMILES string of the molecule is CCCCCCC(=O)OCC(C)CCC[C@@H](C)[C@H]1CC[C@H]2[C@@H]3CCC4CCCC[C@]4(C)[C@H]3CC[C@]12C. The van der Waals surface area contributed by atoms with Gasteiger partial charge in [-0.15, -0.1) is 0 Å². The van der Waals surface area contributed by atoms with Gasteiger partial charge in [0.1, 0.15) is 0 Å². The second-order valence-electron chi connectivity index (χ2n) is 14.6. The van der Waals surface area contributed by atoms with Crippen molar-refractivity contribution >= 4 is 5.97 Å². The number of hydrogen-bond donors (Lipinski definition) is 0. The third kappa shape index (κ3) is 6.03. The number of rotatable bonds is 12. The van der Waals surface area contributed by atoms with E-state index in [2.05, 4.69) is 34.6 Å². The summed E-state index contributed by atoms with van der Waals surface area (Å²) in [6.07, 6.45) is 24.2. The van der Waals surface area contributed by atoms with Crippen LogP contribution in [0.5, 0.6) is 0 Å². The molecule has 2 heteroatoms. The predicted molar refractivity (Wildman–Crippen MR) is 152 cm³/mol. The maximum absolute atomic E-state index is 12.0. The summed E-state index contributed by atoms with van der Waals surface area (Å²) in [6.45, 7) is 13.1. The second kappa shape index (κ2) is 12.5. The van der Waals surface area contributed by atoms with Gasteiger partial charge in [-0.05, 0) is 116 Å². The van der Waals surface area contributed by atoms with Gasteiger partial charge in [-0.1, -0.05) is 79.6 Å². The molecule has 0 radical (unpaired) electrons. The lowest BCUT2D eigenvalue weighted by Crippen LogP contribution is -2.53. The summed E-state index contributed by atoms with van der Waals surface area (Å²) in [6, 6.07) is 0. The van der Waals surface area contributed by atoms with Crippen LogP contribution in [0.4, 0.5) is 0 Å². The highest BCUT2D eigenvalue weighted by atomic mass is 16.5. The topological polar surface area (TPSA) is 26.3 Å². The van der Waals surface area contributed by atoms with Crippen LogP contribution in [0.1, 0.15) is 150 Å². The van der Waals surface area contributed by atoms with Crippen LogP contribution in [0.25, 0.3) is 0 Å². The second-order valence-corrected chi connectivity index (χ2v) is 14.6. The molecular formula is C34H60O2. The average Bonchev–Trinajstić information content (AvgIpc) is 3.22. The Hall–Kier alpha value is -0.530. The molecule has 0 aromatic rings. The van der Waals surface area contributed by atoms with Crippen LogP contribution in [0.3, 0.4) is 0 Å². The Morgan fingerprint density at radius 1 is 0.833 bits per heavy atom. The number of fused-ring (bicyclic) bond motifs is 5. The largest absolute Gasteiger partial charge is 0.465 e. The Kier molecular flexibility index (Phi) is 9.93. The van der Waals surface area contributed by atoms with Crippen molar-refractivity contribution in [2.24, 2.45) is 52.3 Å². The minimum atomic E-state index is 0.0166. The normalized spacial score (nSPS) is 39.5. The van der Waals surface area contributed by atoms with Gasteiger partial charge in [0, 0.05) is 6.42 Å². The molecule has 9 atom stereocenters. The van der Waals surface area contributed by atoms with Gasteiger partial charge in [0.05, 0.1) is 6.61 Å². The molecule has 0 spiro atoms. The number of hydrogen-bond acceptors (Lipinski definition) is 2. The van der Waals surface area contributed by atoms with Crippen molar-refractivity contribution < 1.29 is 9.53 Å². The molecule has 0 amide bonds. The van der Waals surface area contributed by atoms with Crippen molar-refractivity contribution in [3.8, 4) is 0 Å². The molecular weight excluding hydrogens is 440 g/mol. The Morgan fingerprint density at radius 3 is 2.44 bits per heavy atom. The summed E-state index contributed by atoms with van der Waals surface area (Å²) in [5.74, 6) is 6.36. The van der Waals surface area contributed by atoms with Crippen LogP contribution in [0.2, 0.25) is 0 Å². The van der Waals surface area contributed by atoms with Gasteiger partial charge < -0.3 is 4.74 Å². The van der Waals surface area contributed by atoms with Crippen molar-refractivity contribution in [2.75, 3.05) is 6.61 Å². The van der Waals surface area contributed by atoms with E-state index in [0.717, 1.165) is 48.3 Å².